The Morgan fingerprint density at radius 2 is 1.82 bits per heavy atom. The van der Waals surface area contributed by atoms with Crippen molar-refractivity contribution >= 4 is 41.8 Å². The van der Waals surface area contributed by atoms with Crippen molar-refractivity contribution in [3.63, 3.8) is 0 Å². The lowest BCUT2D eigenvalue weighted by Gasteiger charge is -2.10. The third-order valence-corrected chi connectivity index (χ3v) is 4.30. The van der Waals surface area contributed by atoms with Gasteiger partial charge in [0.1, 0.15) is 0 Å². The number of nitrogens with one attached hydrogen (secondary N) is 2. The molecule has 8 heteroatoms. The highest BCUT2D eigenvalue weighted by Crippen LogP contribution is 2.26. The topological polar surface area (TPSA) is 71.8 Å². The zero-order valence-corrected chi connectivity index (χ0v) is 18.0. The summed E-state index contributed by atoms with van der Waals surface area (Å²) in [5.41, 5.74) is 3.90. The molecule has 0 radical (unpaired) electrons. The number of hydrogen-bond donors (Lipinski definition) is 2. The molecule has 0 aliphatic carbocycles. The van der Waals surface area contributed by atoms with Gasteiger partial charge in [-0.05, 0) is 26.0 Å². The smallest absolute Gasteiger partial charge is 0.252 e. The first kappa shape index (κ1) is 23.9. The van der Waals surface area contributed by atoms with Gasteiger partial charge in [-0.3, -0.25) is 9.48 Å². The van der Waals surface area contributed by atoms with Gasteiger partial charge in [0.25, 0.3) is 5.91 Å². The van der Waals surface area contributed by atoms with Gasteiger partial charge < -0.3 is 10.6 Å². The Hall–Kier alpha value is -2.15. The van der Waals surface area contributed by atoms with Gasteiger partial charge in [-0.1, -0.05) is 37.3 Å². The number of nitrogens with zero attached hydrogens (tertiary/aromatic N) is 3. The number of benzene rings is 1. The van der Waals surface area contributed by atoms with Crippen LogP contribution in [0.2, 0.25) is 0 Å². The minimum Gasteiger partial charge on any atom is -0.351 e. The fourth-order valence-corrected chi connectivity index (χ4v) is 3.04. The van der Waals surface area contributed by atoms with E-state index in [1.54, 1.807) is 4.68 Å². The molecule has 0 aliphatic rings. The van der Waals surface area contributed by atoms with E-state index < -0.39 is 0 Å². The second kappa shape index (κ2) is 11.0. The summed E-state index contributed by atoms with van der Waals surface area (Å²) in [7, 11) is 1.85. The number of halogens is 2. The van der Waals surface area contributed by atoms with Crippen molar-refractivity contribution in [1.82, 2.24) is 25.4 Å². The number of pyridine rings is 1. The highest BCUT2D eigenvalue weighted by molar-refractivity contribution is 6.07. The number of amides is 1. The average molecular weight is 424 g/mol. The van der Waals surface area contributed by atoms with Crippen molar-refractivity contribution in [3.8, 4) is 11.3 Å². The molecule has 152 valence electrons. The summed E-state index contributed by atoms with van der Waals surface area (Å²) in [6, 6.07) is 11.7. The Labute approximate surface area is 177 Å². The lowest BCUT2D eigenvalue weighted by molar-refractivity contribution is 0.0955. The van der Waals surface area contributed by atoms with E-state index in [2.05, 4.69) is 22.7 Å². The van der Waals surface area contributed by atoms with Crippen LogP contribution >= 0.6 is 24.8 Å². The van der Waals surface area contributed by atoms with Crippen molar-refractivity contribution in [1.29, 1.82) is 0 Å². The Morgan fingerprint density at radius 3 is 2.50 bits per heavy atom. The number of fused-ring (bicyclic) bond motifs is 1. The number of aryl methyl sites for hydroxylation is 2. The predicted molar refractivity (Wildman–Crippen MR) is 119 cm³/mol. The molecule has 0 saturated carbocycles. The SMILES string of the molecule is CCCNCCNC(=O)c1cc(-c2ccccc2)nc2c1c(C)nn2C.Cl.Cl. The molecule has 0 saturated heterocycles. The Balaban J connectivity index is 0.00000196. The second-order valence-corrected chi connectivity index (χ2v) is 6.33. The lowest BCUT2D eigenvalue weighted by Crippen LogP contribution is -2.32. The minimum absolute atomic E-state index is 0. The fraction of sp³-hybridized carbons (Fsp3) is 0.350. The van der Waals surface area contributed by atoms with Crippen LogP contribution in [0.5, 0.6) is 0 Å². The van der Waals surface area contributed by atoms with Crippen LogP contribution < -0.4 is 10.6 Å². The van der Waals surface area contributed by atoms with Crippen LogP contribution in [-0.2, 0) is 7.05 Å². The van der Waals surface area contributed by atoms with Crippen LogP contribution in [0.1, 0.15) is 29.4 Å². The van der Waals surface area contributed by atoms with Gasteiger partial charge in [0, 0.05) is 25.7 Å². The monoisotopic (exact) mass is 423 g/mol. The first-order valence-electron chi connectivity index (χ1n) is 9.00. The summed E-state index contributed by atoms with van der Waals surface area (Å²) < 4.78 is 1.73. The molecule has 28 heavy (non-hydrogen) atoms. The lowest BCUT2D eigenvalue weighted by atomic mass is 10.0. The molecule has 0 unspecified atom stereocenters. The molecular weight excluding hydrogens is 397 g/mol. The van der Waals surface area contributed by atoms with E-state index in [0.29, 0.717) is 12.1 Å². The zero-order chi connectivity index (χ0) is 18.5. The molecule has 0 bridgehead atoms. The Morgan fingerprint density at radius 1 is 1.11 bits per heavy atom. The minimum atomic E-state index is -0.0935. The molecule has 1 aromatic carbocycles. The third kappa shape index (κ3) is 5.22. The number of rotatable bonds is 7. The van der Waals surface area contributed by atoms with E-state index in [0.717, 1.165) is 47.5 Å². The summed E-state index contributed by atoms with van der Waals surface area (Å²) in [6.07, 6.45) is 1.08. The fourth-order valence-electron chi connectivity index (χ4n) is 3.04. The van der Waals surface area contributed by atoms with E-state index in [4.69, 9.17) is 4.98 Å². The first-order chi connectivity index (χ1) is 12.6. The van der Waals surface area contributed by atoms with Crippen molar-refractivity contribution in [3.05, 3.63) is 47.7 Å². The molecule has 1 amide bonds. The molecule has 0 fully saturated rings. The maximum atomic E-state index is 12.8. The molecule has 3 aromatic rings. The van der Waals surface area contributed by atoms with Crippen LogP contribution in [-0.4, -0.2) is 40.3 Å². The standard InChI is InChI=1S/C20H25N5O.2ClH/c1-4-10-21-11-12-22-20(26)16-13-17(15-8-6-5-7-9-15)23-19-18(16)14(2)24-25(19)3;;/h5-9,13,21H,4,10-12H2,1-3H3,(H,22,26);2*1H. The third-order valence-electron chi connectivity index (χ3n) is 4.30. The summed E-state index contributed by atoms with van der Waals surface area (Å²) in [6.45, 7) is 6.32. The van der Waals surface area contributed by atoms with E-state index in [1.807, 2.05) is 50.4 Å². The summed E-state index contributed by atoms with van der Waals surface area (Å²) in [5.74, 6) is -0.0935. The van der Waals surface area contributed by atoms with Crippen LogP contribution in [0.4, 0.5) is 0 Å². The number of carbonyl (C=O) groups excluding carboxylic acids is 1. The first-order valence-corrected chi connectivity index (χ1v) is 9.00. The average Bonchev–Trinajstić information content (AvgIpc) is 2.95. The van der Waals surface area contributed by atoms with Gasteiger partial charge in [0.2, 0.25) is 0 Å². The van der Waals surface area contributed by atoms with Gasteiger partial charge in [0.15, 0.2) is 5.65 Å². The van der Waals surface area contributed by atoms with Crippen LogP contribution in [0.3, 0.4) is 0 Å². The van der Waals surface area contributed by atoms with Gasteiger partial charge in [-0.25, -0.2) is 4.98 Å². The van der Waals surface area contributed by atoms with E-state index >= 15 is 0 Å². The number of aromatic nitrogens is 3. The molecular formula is C20H27Cl2N5O. The van der Waals surface area contributed by atoms with Crippen molar-refractivity contribution < 1.29 is 4.79 Å². The maximum Gasteiger partial charge on any atom is 0.252 e. The molecule has 2 aromatic heterocycles. The van der Waals surface area contributed by atoms with Crippen LogP contribution in [0.15, 0.2) is 36.4 Å². The van der Waals surface area contributed by atoms with E-state index in [9.17, 15) is 4.79 Å². The molecule has 2 heterocycles. The largest absolute Gasteiger partial charge is 0.351 e. The second-order valence-electron chi connectivity index (χ2n) is 6.33. The normalized spacial score (nSPS) is 10.2. The highest BCUT2D eigenvalue weighted by atomic mass is 35.5. The van der Waals surface area contributed by atoms with Gasteiger partial charge in [0.05, 0.1) is 22.3 Å². The number of hydrogen-bond acceptors (Lipinski definition) is 4. The molecule has 0 spiro atoms. The van der Waals surface area contributed by atoms with E-state index in [-0.39, 0.29) is 30.7 Å². The molecule has 3 rings (SSSR count). The van der Waals surface area contributed by atoms with Crippen molar-refractivity contribution in [2.24, 2.45) is 7.05 Å². The van der Waals surface area contributed by atoms with Gasteiger partial charge in [-0.15, -0.1) is 24.8 Å². The number of carbonyl (C=O) groups is 1. The molecule has 2 N–H and O–H groups in total. The maximum absolute atomic E-state index is 12.8. The van der Waals surface area contributed by atoms with Crippen LogP contribution in [0, 0.1) is 6.92 Å². The summed E-state index contributed by atoms with van der Waals surface area (Å²) >= 11 is 0. The molecule has 0 atom stereocenters. The predicted octanol–water partition coefficient (Wildman–Crippen LogP) is 3.52. The summed E-state index contributed by atoms with van der Waals surface area (Å²) in [5, 5.41) is 11.5. The van der Waals surface area contributed by atoms with Gasteiger partial charge in [-0.2, -0.15) is 5.10 Å². The summed E-state index contributed by atoms with van der Waals surface area (Å²) in [4.78, 5) is 17.6. The highest BCUT2D eigenvalue weighted by Gasteiger charge is 2.18. The Kier molecular flexibility index (Phi) is 9.38. The Bertz CT molecular complexity index is 912. The zero-order valence-electron chi connectivity index (χ0n) is 16.4. The van der Waals surface area contributed by atoms with E-state index in [1.165, 1.54) is 0 Å². The molecule has 0 aliphatic heterocycles. The quantitative estimate of drug-likeness (QED) is 0.570. The van der Waals surface area contributed by atoms with Crippen molar-refractivity contribution in [2.45, 2.75) is 20.3 Å². The molecule has 6 nitrogen and oxygen atoms in total. The van der Waals surface area contributed by atoms with Crippen LogP contribution in [0.25, 0.3) is 22.3 Å². The van der Waals surface area contributed by atoms with Crippen molar-refractivity contribution in [2.75, 3.05) is 19.6 Å². The van der Waals surface area contributed by atoms with Gasteiger partial charge >= 0.3 is 0 Å².